The monoisotopic (exact) mass is 258 g/mol. The lowest BCUT2D eigenvalue weighted by Crippen LogP contribution is -2.36. The van der Waals surface area contributed by atoms with Gasteiger partial charge in [0.05, 0.1) is 12.5 Å². The lowest BCUT2D eigenvalue weighted by molar-refractivity contribution is 0.0737. The number of amides is 1. The van der Waals surface area contributed by atoms with Gasteiger partial charge in [-0.2, -0.15) is 0 Å². The minimum atomic E-state index is -0.0577. The third-order valence-electron chi connectivity index (χ3n) is 3.19. The highest BCUT2D eigenvalue weighted by atomic mass is 16.2. The van der Waals surface area contributed by atoms with Crippen LogP contribution in [0, 0.1) is 6.92 Å². The van der Waals surface area contributed by atoms with Crippen molar-refractivity contribution in [3.05, 3.63) is 47.8 Å². The second-order valence-corrected chi connectivity index (χ2v) is 4.76. The van der Waals surface area contributed by atoms with Gasteiger partial charge >= 0.3 is 0 Å². The van der Waals surface area contributed by atoms with E-state index in [4.69, 9.17) is 0 Å². The van der Waals surface area contributed by atoms with Crippen molar-refractivity contribution >= 4 is 5.91 Å². The first-order valence-electron chi connectivity index (χ1n) is 6.25. The normalized spacial score (nSPS) is 12.2. The van der Waals surface area contributed by atoms with Crippen molar-refractivity contribution in [2.75, 3.05) is 7.05 Å². The Morgan fingerprint density at radius 2 is 2.32 bits per heavy atom. The molecule has 0 aromatic carbocycles. The van der Waals surface area contributed by atoms with Crippen LogP contribution >= 0.6 is 0 Å². The highest BCUT2D eigenvalue weighted by Crippen LogP contribution is 2.09. The molecule has 0 saturated carbocycles. The van der Waals surface area contributed by atoms with Gasteiger partial charge in [-0.25, -0.2) is 4.98 Å². The van der Waals surface area contributed by atoms with E-state index < -0.39 is 0 Å². The molecule has 2 aromatic heterocycles. The third-order valence-corrected chi connectivity index (χ3v) is 3.19. The van der Waals surface area contributed by atoms with E-state index in [-0.39, 0.29) is 11.9 Å². The van der Waals surface area contributed by atoms with Gasteiger partial charge < -0.3 is 9.88 Å². The molecule has 0 aliphatic rings. The topological polar surface area (TPSA) is 61.9 Å². The van der Waals surface area contributed by atoms with Crippen LogP contribution in [-0.2, 0) is 6.42 Å². The van der Waals surface area contributed by atoms with Crippen LogP contribution < -0.4 is 0 Å². The predicted octanol–water partition coefficient (Wildman–Crippen LogP) is 1.82. The summed E-state index contributed by atoms with van der Waals surface area (Å²) in [7, 11) is 1.80. The van der Waals surface area contributed by atoms with Crippen LogP contribution in [0.15, 0.2) is 30.9 Å². The Hall–Kier alpha value is -2.17. The Balaban J connectivity index is 2.03. The number of likely N-dealkylation sites (N-methyl/N-ethyl adjacent to an activating group) is 1. The van der Waals surface area contributed by atoms with Gasteiger partial charge in [-0.1, -0.05) is 0 Å². The minimum absolute atomic E-state index is 0.0577. The molecule has 0 spiro atoms. The fourth-order valence-electron chi connectivity index (χ4n) is 1.91. The van der Waals surface area contributed by atoms with Gasteiger partial charge in [0.1, 0.15) is 5.69 Å². The summed E-state index contributed by atoms with van der Waals surface area (Å²) in [5.74, 6) is -0.0577. The van der Waals surface area contributed by atoms with Gasteiger partial charge in [-0.15, -0.1) is 0 Å². The average molecular weight is 258 g/mol. The number of hydrogen-bond acceptors (Lipinski definition) is 3. The zero-order valence-electron chi connectivity index (χ0n) is 11.4. The van der Waals surface area contributed by atoms with E-state index in [9.17, 15) is 4.79 Å². The number of carbonyl (C=O) groups excluding carboxylic acids is 1. The zero-order valence-corrected chi connectivity index (χ0v) is 11.4. The molecular formula is C14H18N4O. The number of carbonyl (C=O) groups is 1. The van der Waals surface area contributed by atoms with Gasteiger partial charge in [0.2, 0.25) is 0 Å². The number of H-pyrrole nitrogens is 1. The van der Waals surface area contributed by atoms with E-state index in [2.05, 4.69) is 15.0 Å². The molecule has 0 fully saturated rings. The number of aromatic nitrogens is 3. The van der Waals surface area contributed by atoms with E-state index >= 15 is 0 Å². The van der Waals surface area contributed by atoms with Crippen LogP contribution in [0.25, 0.3) is 0 Å². The molecule has 100 valence electrons. The standard InChI is InChI=1S/C14H18N4O/c1-10-4-5-16-12(6-10)7-11(2)18(3)14(19)13-8-15-9-17-13/h4-6,8-9,11H,7H2,1-3H3,(H,15,17)/t11-/m1/s1. The molecule has 0 aliphatic heterocycles. The Labute approximate surface area is 112 Å². The second kappa shape index (κ2) is 5.65. The molecule has 19 heavy (non-hydrogen) atoms. The lowest BCUT2D eigenvalue weighted by Gasteiger charge is -2.24. The number of aryl methyl sites for hydroxylation is 1. The van der Waals surface area contributed by atoms with Crippen LogP contribution in [0.2, 0.25) is 0 Å². The summed E-state index contributed by atoms with van der Waals surface area (Å²) in [6, 6.07) is 4.09. The molecule has 2 heterocycles. The Bertz CT molecular complexity index is 550. The average Bonchev–Trinajstić information content (AvgIpc) is 2.90. The molecule has 2 rings (SSSR count). The van der Waals surface area contributed by atoms with E-state index in [0.717, 1.165) is 12.1 Å². The van der Waals surface area contributed by atoms with E-state index in [0.29, 0.717) is 5.69 Å². The summed E-state index contributed by atoms with van der Waals surface area (Å²) >= 11 is 0. The largest absolute Gasteiger partial charge is 0.341 e. The molecule has 0 aliphatic carbocycles. The maximum atomic E-state index is 12.1. The highest BCUT2D eigenvalue weighted by Gasteiger charge is 2.19. The van der Waals surface area contributed by atoms with Crippen LogP contribution in [0.4, 0.5) is 0 Å². The fourth-order valence-corrected chi connectivity index (χ4v) is 1.91. The van der Waals surface area contributed by atoms with Crippen LogP contribution in [0.3, 0.4) is 0 Å². The molecule has 0 bridgehead atoms. The molecule has 2 aromatic rings. The summed E-state index contributed by atoms with van der Waals surface area (Å²) < 4.78 is 0. The Morgan fingerprint density at radius 1 is 1.53 bits per heavy atom. The van der Waals surface area contributed by atoms with E-state index in [1.807, 2.05) is 26.0 Å². The predicted molar refractivity (Wildman–Crippen MR) is 72.8 cm³/mol. The minimum Gasteiger partial charge on any atom is -0.341 e. The lowest BCUT2D eigenvalue weighted by atomic mass is 10.1. The van der Waals surface area contributed by atoms with Crippen LogP contribution in [0.5, 0.6) is 0 Å². The molecule has 1 amide bonds. The first-order valence-corrected chi connectivity index (χ1v) is 6.25. The first kappa shape index (κ1) is 13.3. The second-order valence-electron chi connectivity index (χ2n) is 4.76. The molecule has 0 unspecified atom stereocenters. The van der Waals surface area contributed by atoms with Crippen LogP contribution in [0.1, 0.15) is 28.7 Å². The number of rotatable bonds is 4. The number of nitrogens with one attached hydrogen (secondary N) is 1. The van der Waals surface area contributed by atoms with Crippen molar-refractivity contribution in [3.8, 4) is 0 Å². The Kier molecular flexibility index (Phi) is 3.94. The van der Waals surface area contributed by atoms with Gasteiger partial charge in [-0.05, 0) is 31.5 Å². The zero-order chi connectivity index (χ0) is 13.8. The molecule has 0 saturated heterocycles. The molecular weight excluding hydrogens is 240 g/mol. The van der Waals surface area contributed by atoms with Crippen molar-refractivity contribution in [1.82, 2.24) is 19.9 Å². The summed E-state index contributed by atoms with van der Waals surface area (Å²) in [4.78, 5) is 24.9. The maximum Gasteiger partial charge on any atom is 0.271 e. The van der Waals surface area contributed by atoms with Gasteiger partial charge in [0.25, 0.3) is 5.91 Å². The molecule has 0 radical (unpaired) electrons. The Morgan fingerprint density at radius 3 is 2.95 bits per heavy atom. The number of nitrogens with zero attached hydrogens (tertiary/aromatic N) is 3. The number of pyridine rings is 1. The summed E-state index contributed by atoms with van der Waals surface area (Å²) in [6.07, 6.45) is 5.58. The third kappa shape index (κ3) is 3.19. The first-order chi connectivity index (χ1) is 9.08. The van der Waals surface area contributed by atoms with Gasteiger partial charge in [-0.3, -0.25) is 9.78 Å². The number of aromatic amines is 1. The van der Waals surface area contributed by atoms with Crippen molar-refractivity contribution in [1.29, 1.82) is 0 Å². The van der Waals surface area contributed by atoms with Crippen molar-refractivity contribution < 1.29 is 4.79 Å². The summed E-state index contributed by atoms with van der Waals surface area (Å²) in [5.41, 5.74) is 2.68. The SMILES string of the molecule is Cc1ccnc(C[C@@H](C)N(C)C(=O)c2cnc[nH]2)c1. The van der Waals surface area contributed by atoms with Crippen LogP contribution in [-0.4, -0.2) is 38.8 Å². The van der Waals surface area contributed by atoms with Gasteiger partial charge in [0, 0.05) is 31.4 Å². The smallest absolute Gasteiger partial charge is 0.271 e. The van der Waals surface area contributed by atoms with Gasteiger partial charge in [0.15, 0.2) is 0 Å². The maximum absolute atomic E-state index is 12.1. The van der Waals surface area contributed by atoms with Crippen molar-refractivity contribution in [2.45, 2.75) is 26.3 Å². The molecule has 1 N–H and O–H groups in total. The molecule has 5 nitrogen and oxygen atoms in total. The molecule has 5 heteroatoms. The summed E-state index contributed by atoms with van der Waals surface area (Å²) in [5, 5.41) is 0. The quantitative estimate of drug-likeness (QED) is 0.909. The van der Waals surface area contributed by atoms with Crippen molar-refractivity contribution in [3.63, 3.8) is 0 Å². The van der Waals surface area contributed by atoms with E-state index in [1.165, 1.54) is 18.1 Å². The number of hydrogen-bond donors (Lipinski definition) is 1. The highest BCUT2D eigenvalue weighted by molar-refractivity contribution is 5.92. The fraction of sp³-hybridized carbons (Fsp3) is 0.357. The number of imidazole rings is 1. The van der Waals surface area contributed by atoms with E-state index in [1.54, 1.807) is 18.1 Å². The molecule has 1 atom stereocenters. The summed E-state index contributed by atoms with van der Waals surface area (Å²) in [6.45, 7) is 4.05. The van der Waals surface area contributed by atoms with Crippen molar-refractivity contribution in [2.24, 2.45) is 0 Å².